The average Bonchev–Trinajstić information content (AvgIpc) is 2.98. The van der Waals surface area contributed by atoms with Crippen LogP contribution in [0.5, 0.6) is 5.75 Å². The van der Waals surface area contributed by atoms with Crippen molar-refractivity contribution in [1.82, 2.24) is 20.9 Å². The Morgan fingerprint density at radius 3 is 2.32 bits per heavy atom. The van der Waals surface area contributed by atoms with Crippen molar-refractivity contribution in [1.29, 1.82) is 0 Å². The molecule has 0 bridgehead atoms. The van der Waals surface area contributed by atoms with E-state index in [0.717, 1.165) is 0 Å². The molecule has 2 aliphatic heterocycles. The maximum atomic E-state index is 13.1. The highest BCUT2D eigenvalue weighted by molar-refractivity contribution is 8.01. The number of β-lactam (4-membered cyclic amide) rings is 1. The number of hydrogen-bond acceptors (Lipinski definition) is 7. The third-order valence-corrected chi connectivity index (χ3v) is 7.15. The van der Waals surface area contributed by atoms with E-state index >= 15 is 0 Å². The van der Waals surface area contributed by atoms with E-state index in [2.05, 4.69) is 16.0 Å². The molecule has 5 atom stereocenters. The Bertz CT molecular complexity index is 905. The Kier molecular flexibility index (Phi) is 6.19. The highest BCUT2D eigenvalue weighted by atomic mass is 32.2. The summed E-state index contributed by atoms with van der Waals surface area (Å²) in [6.45, 7) is 5.14. The minimum absolute atomic E-state index is 0.00643. The summed E-state index contributed by atoms with van der Waals surface area (Å²) in [7, 11) is 1.61. The van der Waals surface area contributed by atoms with E-state index in [4.69, 9.17) is 0 Å². The van der Waals surface area contributed by atoms with Gasteiger partial charge in [0.15, 0.2) is 0 Å². The highest BCUT2D eigenvalue weighted by Crippen LogP contribution is 2.50. The van der Waals surface area contributed by atoms with Gasteiger partial charge in [0.25, 0.3) is 0 Å². The van der Waals surface area contributed by atoms with E-state index in [9.17, 15) is 29.4 Å². The molecule has 3 amide bonds. The van der Waals surface area contributed by atoms with E-state index in [-0.39, 0.29) is 5.75 Å². The van der Waals surface area contributed by atoms with E-state index in [1.807, 2.05) is 0 Å². The molecule has 1 aromatic rings. The van der Waals surface area contributed by atoms with Gasteiger partial charge in [0.2, 0.25) is 17.7 Å². The van der Waals surface area contributed by atoms with Crippen molar-refractivity contribution in [3.05, 3.63) is 29.8 Å². The lowest BCUT2D eigenvalue weighted by molar-refractivity contribution is -0.161. The van der Waals surface area contributed by atoms with Crippen LogP contribution in [0.15, 0.2) is 24.3 Å². The SMILES string of the molecule is CNC(C)C(=O)NC(C(=O)NC1C(=O)N2[C@@H]1SC(C)(C)[C@@H]2C(=O)O)c1ccc(O)cc1. The minimum Gasteiger partial charge on any atom is -0.508 e. The fourth-order valence-corrected chi connectivity index (χ4v) is 5.37. The maximum Gasteiger partial charge on any atom is 0.327 e. The molecule has 168 valence electrons. The molecule has 2 saturated heterocycles. The zero-order chi connectivity index (χ0) is 23.1. The number of aromatic hydroxyl groups is 1. The molecule has 5 N–H and O–H groups in total. The number of phenolic OH excluding ortho intramolecular Hbond substituents is 1. The second kappa shape index (κ2) is 8.39. The summed E-state index contributed by atoms with van der Waals surface area (Å²) in [5, 5.41) is 26.7. The van der Waals surface area contributed by atoms with E-state index < -0.39 is 58.0 Å². The zero-order valence-corrected chi connectivity index (χ0v) is 18.4. The van der Waals surface area contributed by atoms with Crippen LogP contribution in [0.3, 0.4) is 0 Å². The van der Waals surface area contributed by atoms with Crippen molar-refractivity contribution < 1.29 is 29.4 Å². The first-order chi connectivity index (χ1) is 14.5. The third-order valence-electron chi connectivity index (χ3n) is 5.57. The average molecular weight is 451 g/mol. The van der Waals surface area contributed by atoms with Crippen molar-refractivity contribution in [3.63, 3.8) is 0 Å². The molecule has 1 aromatic carbocycles. The van der Waals surface area contributed by atoms with Gasteiger partial charge in [-0.15, -0.1) is 11.8 Å². The summed E-state index contributed by atoms with van der Waals surface area (Å²) in [6.07, 6.45) is 0. The molecule has 2 heterocycles. The van der Waals surface area contributed by atoms with Crippen LogP contribution in [0.4, 0.5) is 0 Å². The number of phenols is 1. The van der Waals surface area contributed by atoms with Crippen molar-refractivity contribution in [3.8, 4) is 5.75 Å². The van der Waals surface area contributed by atoms with Crippen LogP contribution >= 0.6 is 11.8 Å². The predicted octanol–water partition coefficient (Wildman–Crippen LogP) is -0.211. The molecule has 3 rings (SSSR count). The van der Waals surface area contributed by atoms with Gasteiger partial charge in [0, 0.05) is 4.75 Å². The number of rotatable bonds is 7. The first-order valence-corrected chi connectivity index (χ1v) is 10.7. The maximum absolute atomic E-state index is 13.1. The molecule has 0 spiro atoms. The molecule has 0 aromatic heterocycles. The van der Waals surface area contributed by atoms with Gasteiger partial charge in [-0.2, -0.15) is 0 Å². The first-order valence-electron chi connectivity index (χ1n) is 9.77. The molecule has 3 unspecified atom stereocenters. The van der Waals surface area contributed by atoms with Gasteiger partial charge in [0.1, 0.15) is 29.2 Å². The standard InChI is InChI=1S/C20H26N4O6S/c1-9(21-4)15(26)22-12(10-5-7-11(25)8-6-10)16(27)23-13-17(28)24-14(19(29)30)20(2,3)31-18(13)24/h5-9,12-14,18,21,25H,1-4H3,(H,22,26)(H,23,27)(H,29,30)/t9?,12?,13?,14-,18+/m0/s1. The molecule has 0 saturated carbocycles. The number of amides is 3. The van der Waals surface area contributed by atoms with Gasteiger partial charge >= 0.3 is 5.97 Å². The number of carboxylic acids is 1. The van der Waals surface area contributed by atoms with Crippen molar-refractivity contribution >= 4 is 35.5 Å². The Balaban J connectivity index is 1.79. The summed E-state index contributed by atoms with van der Waals surface area (Å²) in [6, 6.07) is 2.28. The fourth-order valence-electron chi connectivity index (χ4n) is 3.75. The van der Waals surface area contributed by atoms with Crippen molar-refractivity contribution in [2.24, 2.45) is 0 Å². The number of carbonyl (C=O) groups excluding carboxylic acids is 3. The molecule has 2 fully saturated rings. The third kappa shape index (κ3) is 4.19. The normalized spacial score (nSPS) is 25.7. The van der Waals surface area contributed by atoms with Crippen LogP contribution in [0.1, 0.15) is 32.4 Å². The lowest BCUT2D eigenvalue weighted by Gasteiger charge is -2.44. The smallest absolute Gasteiger partial charge is 0.327 e. The van der Waals surface area contributed by atoms with Crippen LogP contribution in [0, 0.1) is 0 Å². The van der Waals surface area contributed by atoms with Crippen LogP contribution in [0.2, 0.25) is 0 Å². The molecule has 0 aliphatic carbocycles. The van der Waals surface area contributed by atoms with E-state index in [0.29, 0.717) is 5.56 Å². The first kappa shape index (κ1) is 22.9. The number of likely N-dealkylation sites (N-methyl/N-ethyl adjacent to an activating group) is 1. The second-order valence-corrected chi connectivity index (χ2v) is 9.90. The highest BCUT2D eigenvalue weighted by Gasteiger charge is 2.64. The summed E-state index contributed by atoms with van der Waals surface area (Å²) < 4.78 is -0.710. The summed E-state index contributed by atoms with van der Waals surface area (Å²) in [4.78, 5) is 51.1. The number of aliphatic carboxylic acids is 1. The van der Waals surface area contributed by atoms with Gasteiger partial charge in [-0.25, -0.2) is 4.79 Å². The van der Waals surface area contributed by atoms with Gasteiger partial charge in [0.05, 0.1) is 6.04 Å². The largest absolute Gasteiger partial charge is 0.508 e. The second-order valence-electron chi connectivity index (χ2n) is 8.13. The Morgan fingerprint density at radius 2 is 1.77 bits per heavy atom. The van der Waals surface area contributed by atoms with E-state index in [1.54, 1.807) is 27.8 Å². The molecular formula is C20H26N4O6S. The lowest BCUT2D eigenvalue weighted by Crippen LogP contribution is -2.71. The Morgan fingerprint density at radius 1 is 1.16 bits per heavy atom. The number of benzene rings is 1. The van der Waals surface area contributed by atoms with Crippen molar-refractivity contribution in [2.45, 2.75) is 55.1 Å². The number of thioether (sulfide) groups is 1. The summed E-state index contributed by atoms with van der Waals surface area (Å²) in [5.74, 6) is -2.57. The van der Waals surface area contributed by atoms with Gasteiger partial charge in [-0.3, -0.25) is 14.4 Å². The van der Waals surface area contributed by atoms with Crippen LogP contribution in [0.25, 0.3) is 0 Å². The minimum atomic E-state index is -1.10. The molecule has 0 radical (unpaired) electrons. The number of carboxylic acid groups (broad SMARTS) is 1. The Labute approximate surface area is 183 Å². The van der Waals surface area contributed by atoms with Crippen molar-refractivity contribution in [2.75, 3.05) is 7.05 Å². The molecular weight excluding hydrogens is 424 g/mol. The topological polar surface area (TPSA) is 148 Å². The quantitative estimate of drug-likeness (QED) is 0.359. The molecule has 10 nitrogen and oxygen atoms in total. The monoisotopic (exact) mass is 450 g/mol. The predicted molar refractivity (Wildman–Crippen MR) is 113 cm³/mol. The molecule has 11 heteroatoms. The lowest BCUT2D eigenvalue weighted by atomic mass is 9.95. The molecule has 31 heavy (non-hydrogen) atoms. The van der Waals surface area contributed by atoms with Crippen LogP contribution in [-0.2, 0) is 19.2 Å². The van der Waals surface area contributed by atoms with Gasteiger partial charge in [-0.1, -0.05) is 12.1 Å². The van der Waals surface area contributed by atoms with Gasteiger partial charge in [-0.05, 0) is 45.5 Å². The number of nitrogens with zero attached hydrogens (tertiary/aromatic N) is 1. The van der Waals surface area contributed by atoms with Crippen LogP contribution < -0.4 is 16.0 Å². The van der Waals surface area contributed by atoms with Gasteiger partial charge < -0.3 is 31.1 Å². The number of fused-ring (bicyclic) bond motifs is 1. The van der Waals surface area contributed by atoms with E-state index in [1.165, 1.54) is 40.9 Å². The van der Waals surface area contributed by atoms with Crippen LogP contribution in [-0.4, -0.2) is 74.1 Å². The summed E-state index contributed by atoms with van der Waals surface area (Å²) >= 11 is 1.32. The zero-order valence-electron chi connectivity index (χ0n) is 17.6. The number of hydrogen-bond donors (Lipinski definition) is 5. The summed E-state index contributed by atoms with van der Waals surface area (Å²) in [5.41, 5.74) is 0.429. The number of carbonyl (C=O) groups is 4. The number of nitrogens with one attached hydrogen (secondary N) is 3. The Hall–Kier alpha value is -2.79. The fraction of sp³-hybridized carbons (Fsp3) is 0.500. The molecule has 2 aliphatic rings.